The van der Waals surface area contributed by atoms with E-state index < -0.39 is 0 Å². The van der Waals surface area contributed by atoms with E-state index in [0.717, 1.165) is 57.1 Å². The van der Waals surface area contributed by atoms with E-state index >= 15 is 0 Å². The molecule has 0 radical (unpaired) electrons. The molecule has 1 aliphatic heterocycles. The third-order valence-corrected chi connectivity index (χ3v) is 5.98. The van der Waals surface area contributed by atoms with Gasteiger partial charge in [0, 0.05) is 43.9 Å². The first-order valence-corrected chi connectivity index (χ1v) is 10.8. The summed E-state index contributed by atoms with van der Waals surface area (Å²) < 4.78 is 2.35. The molecule has 0 aliphatic carbocycles. The van der Waals surface area contributed by atoms with Crippen LogP contribution in [-0.4, -0.2) is 39.0 Å². The molecule has 3 aromatic rings. The van der Waals surface area contributed by atoms with Gasteiger partial charge in [0.05, 0.1) is 0 Å². The standard InChI is InChI=1S/C22H26N4S/c1-27-20-10-7-19(8-11-20)17-25-14-13-22-24-23-21(26(22)16-15-25)12-9-18-5-3-2-4-6-18/h2-8,10-11H,9,12-17H2,1H3. The van der Waals surface area contributed by atoms with Crippen molar-refractivity contribution in [1.29, 1.82) is 0 Å². The number of hydrogen-bond donors (Lipinski definition) is 0. The van der Waals surface area contributed by atoms with E-state index in [1.807, 2.05) is 0 Å². The molecule has 1 aliphatic rings. The van der Waals surface area contributed by atoms with Crippen LogP contribution < -0.4 is 0 Å². The third-order valence-electron chi connectivity index (χ3n) is 5.24. The molecule has 0 N–H and O–H groups in total. The van der Waals surface area contributed by atoms with Gasteiger partial charge < -0.3 is 4.57 Å². The molecule has 0 amide bonds. The molecule has 0 fully saturated rings. The predicted molar refractivity (Wildman–Crippen MR) is 111 cm³/mol. The molecule has 0 saturated carbocycles. The first-order chi connectivity index (χ1) is 13.3. The molecule has 0 saturated heterocycles. The average Bonchev–Trinajstić information content (AvgIpc) is 3.00. The van der Waals surface area contributed by atoms with Crippen LogP contribution in [-0.2, 0) is 32.4 Å². The fourth-order valence-electron chi connectivity index (χ4n) is 3.66. The lowest BCUT2D eigenvalue weighted by atomic mass is 10.1. The molecule has 0 atom stereocenters. The van der Waals surface area contributed by atoms with Crippen molar-refractivity contribution in [1.82, 2.24) is 19.7 Å². The molecule has 0 bridgehead atoms. The first kappa shape index (κ1) is 18.3. The largest absolute Gasteiger partial charge is 0.314 e. The highest BCUT2D eigenvalue weighted by molar-refractivity contribution is 7.98. The smallest absolute Gasteiger partial charge is 0.134 e. The van der Waals surface area contributed by atoms with E-state index in [0.29, 0.717) is 0 Å². The van der Waals surface area contributed by atoms with Crippen LogP contribution in [0.15, 0.2) is 59.5 Å². The quantitative estimate of drug-likeness (QED) is 0.610. The van der Waals surface area contributed by atoms with Crippen molar-refractivity contribution in [3.8, 4) is 0 Å². The van der Waals surface area contributed by atoms with Crippen LogP contribution in [0.3, 0.4) is 0 Å². The lowest BCUT2D eigenvalue weighted by Gasteiger charge is -2.19. The summed E-state index contributed by atoms with van der Waals surface area (Å²) in [6.07, 6.45) is 5.06. The van der Waals surface area contributed by atoms with Gasteiger partial charge in [-0.25, -0.2) is 0 Å². The molecule has 5 heteroatoms. The number of rotatable bonds is 6. The second kappa shape index (κ2) is 8.72. The van der Waals surface area contributed by atoms with Crippen LogP contribution in [0.2, 0.25) is 0 Å². The Hall–Kier alpha value is -2.11. The number of fused-ring (bicyclic) bond motifs is 1. The van der Waals surface area contributed by atoms with Crippen molar-refractivity contribution in [3.05, 3.63) is 77.4 Å². The highest BCUT2D eigenvalue weighted by atomic mass is 32.2. The average molecular weight is 379 g/mol. The molecule has 2 aromatic carbocycles. The Morgan fingerprint density at radius 1 is 0.852 bits per heavy atom. The molecular weight excluding hydrogens is 352 g/mol. The minimum Gasteiger partial charge on any atom is -0.314 e. The predicted octanol–water partition coefficient (Wildman–Crippen LogP) is 3.84. The Morgan fingerprint density at radius 2 is 1.67 bits per heavy atom. The lowest BCUT2D eigenvalue weighted by Crippen LogP contribution is -2.26. The van der Waals surface area contributed by atoms with E-state index in [9.17, 15) is 0 Å². The molecule has 27 heavy (non-hydrogen) atoms. The van der Waals surface area contributed by atoms with Gasteiger partial charge in [0.25, 0.3) is 0 Å². The number of benzene rings is 2. The van der Waals surface area contributed by atoms with Crippen LogP contribution in [0.1, 0.15) is 22.8 Å². The summed E-state index contributed by atoms with van der Waals surface area (Å²) >= 11 is 1.79. The Kier molecular flexibility index (Phi) is 5.90. The van der Waals surface area contributed by atoms with Gasteiger partial charge in [-0.1, -0.05) is 42.5 Å². The Morgan fingerprint density at radius 3 is 2.44 bits per heavy atom. The first-order valence-electron chi connectivity index (χ1n) is 9.62. The fraction of sp³-hybridized carbons (Fsp3) is 0.364. The zero-order valence-corrected chi connectivity index (χ0v) is 16.7. The van der Waals surface area contributed by atoms with Gasteiger partial charge >= 0.3 is 0 Å². The van der Waals surface area contributed by atoms with Gasteiger partial charge in [0.1, 0.15) is 11.6 Å². The zero-order chi connectivity index (χ0) is 18.5. The van der Waals surface area contributed by atoms with Gasteiger partial charge in [-0.2, -0.15) is 0 Å². The van der Waals surface area contributed by atoms with E-state index in [1.54, 1.807) is 11.8 Å². The molecular formula is C22H26N4S. The highest BCUT2D eigenvalue weighted by Gasteiger charge is 2.18. The summed E-state index contributed by atoms with van der Waals surface area (Å²) in [5, 5.41) is 8.95. The summed E-state index contributed by atoms with van der Waals surface area (Å²) in [5.41, 5.74) is 2.74. The van der Waals surface area contributed by atoms with Crippen LogP contribution in [0.4, 0.5) is 0 Å². The van der Waals surface area contributed by atoms with Crippen molar-refractivity contribution < 1.29 is 0 Å². The maximum Gasteiger partial charge on any atom is 0.134 e. The van der Waals surface area contributed by atoms with Gasteiger partial charge in [-0.15, -0.1) is 22.0 Å². The van der Waals surface area contributed by atoms with Crippen LogP contribution >= 0.6 is 11.8 Å². The Balaban J connectivity index is 1.37. The number of hydrogen-bond acceptors (Lipinski definition) is 4. The van der Waals surface area contributed by atoms with Gasteiger partial charge in [-0.3, -0.25) is 4.90 Å². The second-order valence-corrected chi connectivity index (χ2v) is 7.92. The van der Waals surface area contributed by atoms with E-state index in [2.05, 4.69) is 80.5 Å². The van der Waals surface area contributed by atoms with E-state index in [4.69, 9.17) is 0 Å². The minimum atomic E-state index is 0.952. The van der Waals surface area contributed by atoms with Crippen molar-refractivity contribution in [3.63, 3.8) is 0 Å². The maximum atomic E-state index is 4.48. The molecule has 140 valence electrons. The lowest BCUT2D eigenvalue weighted by molar-refractivity contribution is 0.270. The molecule has 4 rings (SSSR count). The van der Waals surface area contributed by atoms with Crippen molar-refractivity contribution in [2.45, 2.75) is 37.2 Å². The molecule has 1 aromatic heterocycles. The fourth-order valence-corrected chi connectivity index (χ4v) is 4.07. The molecule has 4 nitrogen and oxygen atoms in total. The van der Waals surface area contributed by atoms with Crippen molar-refractivity contribution in [2.24, 2.45) is 0 Å². The normalized spacial score (nSPS) is 14.7. The zero-order valence-electron chi connectivity index (χ0n) is 15.8. The monoisotopic (exact) mass is 378 g/mol. The molecule has 2 heterocycles. The number of aryl methyl sites for hydroxylation is 2. The summed E-state index contributed by atoms with van der Waals surface area (Å²) in [4.78, 5) is 3.85. The minimum absolute atomic E-state index is 0.952. The van der Waals surface area contributed by atoms with Crippen LogP contribution in [0.25, 0.3) is 0 Å². The van der Waals surface area contributed by atoms with E-state index in [-0.39, 0.29) is 0 Å². The second-order valence-electron chi connectivity index (χ2n) is 7.04. The molecule has 0 spiro atoms. The number of aromatic nitrogens is 3. The summed E-state index contributed by atoms with van der Waals surface area (Å²) in [5.74, 6) is 2.26. The number of nitrogens with zero attached hydrogens (tertiary/aromatic N) is 4. The SMILES string of the molecule is CSc1ccc(CN2CCc3nnc(CCc4ccccc4)n3CC2)cc1. The van der Waals surface area contributed by atoms with Crippen LogP contribution in [0.5, 0.6) is 0 Å². The summed E-state index contributed by atoms with van der Waals surface area (Å²) in [6.45, 7) is 4.08. The van der Waals surface area contributed by atoms with Gasteiger partial charge in [0.15, 0.2) is 0 Å². The summed E-state index contributed by atoms with van der Waals surface area (Å²) in [7, 11) is 0. The van der Waals surface area contributed by atoms with E-state index in [1.165, 1.54) is 16.0 Å². The van der Waals surface area contributed by atoms with Gasteiger partial charge in [-0.05, 0) is 35.9 Å². The van der Waals surface area contributed by atoms with Crippen molar-refractivity contribution in [2.75, 3.05) is 19.3 Å². The highest BCUT2D eigenvalue weighted by Crippen LogP contribution is 2.17. The third kappa shape index (κ3) is 4.60. The van der Waals surface area contributed by atoms with Gasteiger partial charge in [0.2, 0.25) is 0 Å². The van der Waals surface area contributed by atoms with Crippen molar-refractivity contribution >= 4 is 11.8 Å². The topological polar surface area (TPSA) is 34.0 Å². The Bertz CT molecular complexity index is 858. The number of thioether (sulfide) groups is 1. The summed E-state index contributed by atoms with van der Waals surface area (Å²) in [6, 6.07) is 19.6. The maximum absolute atomic E-state index is 4.48. The Labute approximate surface area is 165 Å². The van der Waals surface area contributed by atoms with Crippen LogP contribution in [0, 0.1) is 0 Å². The molecule has 0 unspecified atom stereocenters.